The number of hydrogen-bond donors (Lipinski definition) is 0. The Morgan fingerprint density at radius 1 is 0.969 bits per heavy atom. The first-order valence-electron chi connectivity index (χ1n) is 10.4. The zero-order chi connectivity index (χ0) is 24.2. The quantitative estimate of drug-likeness (QED) is 0.242. The smallest absolute Gasteiger partial charge is 0.345 e. The van der Waals surface area contributed by atoms with E-state index in [2.05, 4.69) is 0 Å². The van der Waals surface area contributed by atoms with Gasteiger partial charge in [-0.3, -0.25) is 9.59 Å². The van der Waals surface area contributed by atoms with Gasteiger partial charge in [-0.15, -0.1) is 0 Å². The molecule has 1 saturated heterocycles. The Hall–Kier alpha value is -3.23. The van der Waals surface area contributed by atoms with E-state index in [1.807, 2.05) is 0 Å². The highest BCUT2D eigenvalue weighted by molar-refractivity contribution is 6.25. The highest BCUT2D eigenvalue weighted by Crippen LogP contribution is 2.44. The van der Waals surface area contributed by atoms with Crippen molar-refractivity contribution in [2.75, 3.05) is 7.11 Å². The number of nitrogens with zero attached hydrogens (tertiary/aromatic N) is 1. The van der Waals surface area contributed by atoms with Gasteiger partial charge in [0.05, 0.1) is 19.3 Å². The second-order valence-corrected chi connectivity index (χ2v) is 8.16. The summed E-state index contributed by atoms with van der Waals surface area (Å²) in [6.45, 7) is 7.36. The number of Topliss-reactive ketones (excluding diaryl/α,β-unsaturated/α-hetero) is 1. The first kappa shape index (κ1) is 25.0. The molecule has 0 spiro atoms. The lowest BCUT2D eigenvalue weighted by Crippen LogP contribution is -2.83. The van der Waals surface area contributed by atoms with Crippen molar-refractivity contribution in [3.8, 4) is 0 Å². The molecule has 1 heterocycles. The van der Waals surface area contributed by atoms with Crippen molar-refractivity contribution in [2.45, 2.75) is 64.8 Å². The van der Waals surface area contributed by atoms with Crippen LogP contribution >= 0.6 is 0 Å². The average molecular weight is 447 g/mol. The fourth-order valence-electron chi connectivity index (χ4n) is 3.81. The van der Waals surface area contributed by atoms with Crippen LogP contribution in [0.3, 0.4) is 0 Å². The third-order valence-electron chi connectivity index (χ3n) is 5.05. The van der Waals surface area contributed by atoms with Gasteiger partial charge in [0, 0.05) is 6.42 Å². The molecule has 0 aliphatic carbocycles. The molecule has 0 aromatic heterocycles. The third-order valence-corrected chi connectivity index (χ3v) is 5.05. The summed E-state index contributed by atoms with van der Waals surface area (Å²) in [4.78, 5) is 65.7. The molecule has 1 aromatic rings. The number of carbonyl (C=O) groups is 5. The first-order valence-corrected chi connectivity index (χ1v) is 10.4. The van der Waals surface area contributed by atoms with E-state index in [1.54, 1.807) is 58.0 Å². The van der Waals surface area contributed by atoms with E-state index in [0.717, 1.165) is 18.9 Å². The minimum absolute atomic E-state index is 0.0461. The van der Waals surface area contributed by atoms with Gasteiger partial charge in [0.2, 0.25) is 5.91 Å². The van der Waals surface area contributed by atoms with E-state index < -0.39 is 59.3 Å². The molecule has 174 valence electrons. The van der Waals surface area contributed by atoms with Crippen LogP contribution < -0.4 is 0 Å². The Bertz CT molecular complexity index is 871. The highest BCUT2D eigenvalue weighted by Gasteiger charge is 2.76. The molecule has 1 fully saturated rings. The Balaban J connectivity index is 2.68. The maximum absolute atomic E-state index is 13.3. The lowest BCUT2D eigenvalue weighted by molar-refractivity contribution is -0.213. The van der Waals surface area contributed by atoms with Crippen LogP contribution in [0.15, 0.2) is 30.3 Å². The number of β-lactam (4-membered cyclic amide) rings is 1. The van der Waals surface area contributed by atoms with Crippen LogP contribution in [0, 0.1) is 5.92 Å². The van der Waals surface area contributed by atoms with Crippen molar-refractivity contribution >= 4 is 29.6 Å². The molecule has 1 amide bonds. The molecule has 1 aliphatic rings. The summed E-state index contributed by atoms with van der Waals surface area (Å²) < 4.78 is 15.5. The van der Waals surface area contributed by atoms with Crippen molar-refractivity contribution < 1.29 is 38.2 Å². The number of carbonyl (C=O) groups excluding carboxylic acids is 5. The van der Waals surface area contributed by atoms with Crippen LogP contribution in [0.4, 0.5) is 0 Å². The molecule has 2 unspecified atom stereocenters. The molecule has 9 nitrogen and oxygen atoms in total. The van der Waals surface area contributed by atoms with Crippen LogP contribution in [0.5, 0.6) is 0 Å². The van der Waals surface area contributed by atoms with Crippen LogP contribution in [-0.2, 0) is 44.6 Å². The Morgan fingerprint density at radius 3 is 1.88 bits per heavy atom. The molecule has 0 saturated carbocycles. The van der Waals surface area contributed by atoms with Gasteiger partial charge < -0.3 is 19.1 Å². The van der Waals surface area contributed by atoms with Crippen molar-refractivity contribution in [1.82, 2.24) is 4.90 Å². The van der Waals surface area contributed by atoms with Crippen molar-refractivity contribution in [1.29, 1.82) is 0 Å². The topological polar surface area (TPSA) is 116 Å². The third kappa shape index (κ3) is 4.51. The van der Waals surface area contributed by atoms with Crippen LogP contribution in [0.25, 0.3) is 0 Å². The number of ether oxygens (including phenoxy) is 3. The zero-order valence-electron chi connectivity index (χ0n) is 19.1. The molecule has 0 N–H and O–H groups in total. The van der Waals surface area contributed by atoms with Crippen molar-refractivity contribution in [2.24, 2.45) is 5.92 Å². The molecule has 2 rings (SSSR count). The van der Waals surface area contributed by atoms with E-state index >= 15 is 0 Å². The van der Waals surface area contributed by atoms with Gasteiger partial charge in [0.1, 0.15) is 17.7 Å². The van der Waals surface area contributed by atoms with Crippen LogP contribution in [0.2, 0.25) is 0 Å². The SMILES string of the molecule is COC(=O)C(Cc1ccccc1)N1C(=O)C(C(C)=O)C1(C(=O)OC(C)C)C(=O)OC(C)C. The average Bonchev–Trinajstić information content (AvgIpc) is 2.69. The normalized spacial score (nSPS) is 18.1. The second kappa shape index (κ2) is 9.93. The van der Waals surface area contributed by atoms with Crippen LogP contribution in [0.1, 0.15) is 40.2 Å². The maximum Gasteiger partial charge on any atom is 0.345 e. The minimum Gasteiger partial charge on any atom is -0.467 e. The number of amides is 1. The largest absolute Gasteiger partial charge is 0.467 e. The molecule has 0 bridgehead atoms. The number of likely N-dealkylation sites (tertiary alicyclic amines) is 1. The predicted molar refractivity (Wildman–Crippen MR) is 112 cm³/mol. The lowest BCUT2D eigenvalue weighted by atomic mass is 9.69. The zero-order valence-corrected chi connectivity index (χ0v) is 19.1. The standard InChI is InChI=1S/C23H29NO8/c1-13(2)31-21(28)23(22(29)32-14(3)4)18(15(5)25)19(26)24(23)17(20(27)30-6)12-16-10-8-7-9-11-16/h7-11,13-14,17-18H,12H2,1-6H3. The Morgan fingerprint density at radius 2 is 1.47 bits per heavy atom. The fraction of sp³-hybridized carbons (Fsp3) is 0.522. The van der Waals surface area contributed by atoms with Crippen LogP contribution in [-0.4, -0.2) is 65.4 Å². The number of esters is 3. The van der Waals surface area contributed by atoms with Gasteiger partial charge in [0.25, 0.3) is 5.54 Å². The molecule has 2 atom stereocenters. The first-order chi connectivity index (χ1) is 15.0. The monoisotopic (exact) mass is 447 g/mol. The Labute approximate surface area is 187 Å². The van der Waals surface area contributed by atoms with Gasteiger partial charge in [-0.25, -0.2) is 14.4 Å². The molecule has 0 radical (unpaired) electrons. The van der Waals surface area contributed by atoms with Gasteiger partial charge in [-0.2, -0.15) is 0 Å². The number of hydrogen-bond acceptors (Lipinski definition) is 8. The summed E-state index contributed by atoms with van der Waals surface area (Å²) in [7, 11) is 1.13. The summed E-state index contributed by atoms with van der Waals surface area (Å²) in [5.74, 6) is -6.31. The summed E-state index contributed by atoms with van der Waals surface area (Å²) in [5.41, 5.74) is -1.77. The fourth-order valence-corrected chi connectivity index (χ4v) is 3.81. The van der Waals surface area contributed by atoms with Gasteiger partial charge in [-0.1, -0.05) is 30.3 Å². The molecular weight excluding hydrogens is 418 g/mol. The van der Waals surface area contributed by atoms with E-state index in [9.17, 15) is 24.0 Å². The minimum atomic E-state index is -2.43. The number of benzene rings is 1. The van der Waals surface area contributed by atoms with Crippen molar-refractivity contribution in [3.05, 3.63) is 35.9 Å². The summed E-state index contributed by atoms with van der Waals surface area (Å²) in [5, 5.41) is 0. The highest BCUT2D eigenvalue weighted by atomic mass is 16.6. The predicted octanol–water partition coefficient (Wildman–Crippen LogP) is 1.46. The van der Waals surface area contributed by atoms with E-state index in [0.29, 0.717) is 5.56 Å². The summed E-state index contributed by atoms with van der Waals surface area (Å²) >= 11 is 0. The maximum atomic E-state index is 13.3. The number of ketones is 1. The summed E-state index contributed by atoms with van der Waals surface area (Å²) in [6, 6.07) is 7.36. The second-order valence-electron chi connectivity index (χ2n) is 8.16. The van der Waals surface area contributed by atoms with Gasteiger partial charge in [0.15, 0.2) is 0 Å². The molecule has 9 heteroatoms. The van der Waals surface area contributed by atoms with Gasteiger partial charge in [-0.05, 0) is 40.2 Å². The summed E-state index contributed by atoms with van der Waals surface area (Å²) in [6.07, 6.45) is -1.35. The molecule has 32 heavy (non-hydrogen) atoms. The van der Waals surface area contributed by atoms with E-state index in [-0.39, 0.29) is 6.42 Å². The lowest BCUT2D eigenvalue weighted by Gasteiger charge is -2.54. The molecular formula is C23H29NO8. The molecule has 1 aromatic carbocycles. The van der Waals surface area contributed by atoms with Crippen molar-refractivity contribution in [3.63, 3.8) is 0 Å². The number of methoxy groups -OCH3 is 1. The van der Waals surface area contributed by atoms with Gasteiger partial charge >= 0.3 is 17.9 Å². The van der Waals surface area contributed by atoms with E-state index in [1.165, 1.54) is 0 Å². The number of rotatable bonds is 9. The molecule has 1 aliphatic heterocycles. The van der Waals surface area contributed by atoms with E-state index in [4.69, 9.17) is 14.2 Å². The Kier molecular flexibility index (Phi) is 7.77.